The van der Waals surface area contributed by atoms with E-state index in [2.05, 4.69) is 15.8 Å². The lowest BCUT2D eigenvalue weighted by Gasteiger charge is -2.06. The molecule has 0 atom stereocenters. The van der Waals surface area contributed by atoms with Crippen LogP contribution in [0.25, 0.3) is 0 Å². The SMILES string of the molecule is Cc1ccc(C(=O)Oc2ccc(/C=N\NC(=O)C(=O)Nc3cc(Cl)ccc3Cl)cc2)cc1. The Morgan fingerprint density at radius 2 is 1.59 bits per heavy atom. The number of nitrogens with zero attached hydrogens (tertiary/aromatic N) is 1. The lowest BCUT2D eigenvalue weighted by Crippen LogP contribution is -2.32. The number of aryl methyl sites for hydroxylation is 1. The van der Waals surface area contributed by atoms with Crippen LogP contribution < -0.4 is 15.5 Å². The molecule has 9 heteroatoms. The summed E-state index contributed by atoms with van der Waals surface area (Å²) < 4.78 is 5.32. The van der Waals surface area contributed by atoms with Gasteiger partial charge in [0.2, 0.25) is 0 Å². The Kier molecular flexibility index (Phi) is 7.59. The van der Waals surface area contributed by atoms with Crippen molar-refractivity contribution in [2.75, 3.05) is 5.32 Å². The molecule has 0 saturated carbocycles. The average Bonchev–Trinajstić information content (AvgIpc) is 2.77. The number of anilines is 1. The number of rotatable bonds is 5. The van der Waals surface area contributed by atoms with E-state index in [-0.39, 0.29) is 10.7 Å². The predicted octanol–water partition coefficient (Wildman–Crippen LogP) is 4.61. The molecule has 0 aromatic heterocycles. The first-order valence-electron chi connectivity index (χ1n) is 9.30. The summed E-state index contributed by atoms with van der Waals surface area (Å²) >= 11 is 11.8. The lowest BCUT2D eigenvalue weighted by atomic mass is 10.1. The maximum atomic E-state index is 12.1. The number of carbonyl (C=O) groups is 3. The zero-order chi connectivity index (χ0) is 23.1. The van der Waals surface area contributed by atoms with Crippen molar-refractivity contribution in [3.63, 3.8) is 0 Å². The van der Waals surface area contributed by atoms with Crippen molar-refractivity contribution in [3.8, 4) is 5.75 Å². The van der Waals surface area contributed by atoms with E-state index in [1.807, 2.05) is 19.1 Å². The number of amides is 2. The monoisotopic (exact) mass is 469 g/mol. The summed E-state index contributed by atoms with van der Waals surface area (Å²) in [6.45, 7) is 1.93. The van der Waals surface area contributed by atoms with Crippen LogP contribution in [0.5, 0.6) is 5.75 Å². The molecule has 0 fully saturated rings. The van der Waals surface area contributed by atoms with Crippen molar-refractivity contribution in [1.29, 1.82) is 0 Å². The minimum absolute atomic E-state index is 0.207. The van der Waals surface area contributed by atoms with Crippen LogP contribution in [0, 0.1) is 6.92 Å². The second kappa shape index (κ2) is 10.6. The first kappa shape index (κ1) is 23.0. The van der Waals surface area contributed by atoms with Gasteiger partial charge < -0.3 is 10.1 Å². The number of ether oxygens (including phenoxy) is 1. The van der Waals surface area contributed by atoms with E-state index in [1.165, 1.54) is 18.3 Å². The van der Waals surface area contributed by atoms with Crippen LogP contribution in [0.15, 0.2) is 71.8 Å². The number of carbonyl (C=O) groups excluding carboxylic acids is 3. The zero-order valence-electron chi connectivity index (χ0n) is 16.8. The number of hydrazone groups is 1. The summed E-state index contributed by atoms with van der Waals surface area (Å²) in [7, 11) is 0. The van der Waals surface area contributed by atoms with Gasteiger partial charge in [-0.2, -0.15) is 5.10 Å². The summed E-state index contributed by atoms with van der Waals surface area (Å²) in [6, 6.07) is 18.0. The van der Waals surface area contributed by atoms with Crippen LogP contribution in [0.3, 0.4) is 0 Å². The Balaban J connectivity index is 1.52. The normalized spacial score (nSPS) is 10.6. The van der Waals surface area contributed by atoms with Crippen molar-refractivity contribution in [1.82, 2.24) is 5.43 Å². The van der Waals surface area contributed by atoms with Crippen LogP contribution in [0.1, 0.15) is 21.5 Å². The van der Waals surface area contributed by atoms with E-state index < -0.39 is 17.8 Å². The highest BCUT2D eigenvalue weighted by atomic mass is 35.5. The third kappa shape index (κ3) is 6.41. The van der Waals surface area contributed by atoms with E-state index in [0.29, 0.717) is 21.9 Å². The summed E-state index contributed by atoms with van der Waals surface area (Å²) in [5, 5.41) is 6.69. The fourth-order valence-electron chi connectivity index (χ4n) is 2.47. The molecule has 0 unspecified atom stereocenters. The average molecular weight is 470 g/mol. The minimum Gasteiger partial charge on any atom is -0.423 e. The second-order valence-corrected chi connectivity index (χ2v) is 7.45. The summed E-state index contributed by atoms with van der Waals surface area (Å²) in [5.41, 5.74) is 4.42. The maximum Gasteiger partial charge on any atom is 0.343 e. The Labute approximate surface area is 194 Å². The smallest absolute Gasteiger partial charge is 0.343 e. The number of hydrogen-bond acceptors (Lipinski definition) is 5. The molecule has 0 radical (unpaired) electrons. The van der Waals surface area contributed by atoms with Crippen molar-refractivity contribution in [2.24, 2.45) is 5.10 Å². The predicted molar refractivity (Wildman–Crippen MR) is 123 cm³/mol. The molecule has 0 aliphatic carbocycles. The number of esters is 1. The second-order valence-electron chi connectivity index (χ2n) is 6.60. The molecule has 7 nitrogen and oxygen atoms in total. The van der Waals surface area contributed by atoms with Gasteiger partial charge in [-0.1, -0.05) is 40.9 Å². The summed E-state index contributed by atoms with van der Waals surface area (Å²) in [4.78, 5) is 36.0. The Morgan fingerprint density at radius 3 is 2.28 bits per heavy atom. The van der Waals surface area contributed by atoms with Crippen LogP contribution in [0.2, 0.25) is 10.0 Å². The molecule has 2 amide bonds. The molecule has 0 aliphatic heterocycles. The number of benzene rings is 3. The molecule has 3 aromatic carbocycles. The highest BCUT2D eigenvalue weighted by Gasteiger charge is 2.14. The maximum absolute atomic E-state index is 12.1. The number of hydrogen-bond donors (Lipinski definition) is 2. The van der Waals surface area contributed by atoms with Crippen molar-refractivity contribution < 1.29 is 19.1 Å². The quantitative estimate of drug-likeness (QED) is 0.187. The topological polar surface area (TPSA) is 96.9 Å². The highest BCUT2D eigenvalue weighted by Crippen LogP contribution is 2.25. The van der Waals surface area contributed by atoms with Crippen molar-refractivity contribution in [2.45, 2.75) is 6.92 Å². The van der Waals surface area contributed by atoms with Gasteiger partial charge in [0.15, 0.2) is 0 Å². The molecule has 3 rings (SSSR count). The van der Waals surface area contributed by atoms with Gasteiger partial charge in [-0.3, -0.25) is 9.59 Å². The first-order valence-corrected chi connectivity index (χ1v) is 10.1. The molecule has 0 spiro atoms. The van der Waals surface area contributed by atoms with Gasteiger partial charge in [0.25, 0.3) is 0 Å². The van der Waals surface area contributed by atoms with Gasteiger partial charge in [0, 0.05) is 5.02 Å². The van der Waals surface area contributed by atoms with Gasteiger partial charge in [-0.25, -0.2) is 10.2 Å². The van der Waals surface area contributed by atoms with Crippen LogP contribution in [-0.4, -0.2) is 24.0 Å². The summed E-state index contributed by atoms with van der Waals surface area (Å²) in [5.74, 6) is -2.05. The molecule has 0 aliphatic rings. The van der Waals surface area contributed by atoms with Gasteiger partial charge in [0.1, 0.15) is 5.75 Å². The van der Waals surface area contributed by atoms with Crippen LogP contribution >= 0.6 is 23.2 Å². The Bertz CT molecular complexity index is 1180. The van der Waals surface area contributed by atoms with Gasteiger partial charge in [-0.15, -0.1) is 0 Å². The van der Waals surface area contributed by atoms with Crippen molar-refractivity contribution in [3.05, 3.63) is 93.5 Å². The van der Waals surface area contributed by atoms with Crippen LogP contribution in [0.4, 0.5) is 5.69 Å². The standard InChI is InChI=1S/C23H17Cl2N3O4/c1-14-2-6-16(7-3-14)23(31)32-18-9-4-15(5-10-18)13-26-28-22(30)21(29)27-20-12-17(24)8-11-19(20)25/h2-13H,1H3,(H,27,29)(H,28,30)/b26-13-. The van der Waals surface area contributed by atoms with E-state index in [4.69, 9.17) is 27.9 Å². The number of halogens is 2. The third-order valence-corrected chi connectivity index (χ3v) is 4.71. The number of nitrogens with one attached hydrogen (secondary N) is 2. The Morgan fingerprint density at radius 1 is 0.906 bits per heavy atom. The van der Waals surface area contributed by atoms with Crippen LogP contribution in [-0.2, 0) is 9.59 Å². The first-order chi connectivity index (χ1) is 15.3. The van der Waals surface area contributed by atoms with E-state index in [9.17, 15) is 14.4 Å². The summed E-state index contributed by atoms with van der Waals surface area (Å²) in [6.07, 6.45) is 1.34. The fourth-order valence-corrected chi connectivity index (χ4v) is 2.80. The largest absolute Gasteiger partial charge is 0.423 e. The molecular weight excluding hydrogens is 453 g/mol. The minimum atomic E-state index is -0.985. The molecule has 2 N–H and O–H groups in total. The third-order valence-electron chi connectivity index (χ3n) is 4.14. The van der Waals surface area contributed by atoms with Crippen molar-refractivity contribution >= 4 is 52.9 Å². The fraction of sp³-hybridized carbons (Fsp3) is 0.0435. The highest BCUT2D eigenvalue weighted by molar-refractivity contribution is 6.42. The molecule has 0 saturated heterocycles. The molecule has 0 heterocycles. The molecule has 3 aromatic rings. The van der Waals surface area contributed by atoms with Gasteiger partial charge in [-0.05, 0) is 67.1 Å². The van der Waals surface area contributed by atoms with Gasteiger partial charge in [0.05, 0.1) is 22.5 Å². The van der Waals surface area contributed by atoms with E-state index >= 15 is 0 Å². The van der Waals surface area contributed by atoms with E-state index in [1.54, 1.807) is 42.5 Å². The van der Waals surface area contributed by atoms with Gasteiger partial charge >= 0.3 is 17.8 Å². The van der Waals surface area contributed by atoms with E-state index in [0.717, 1.165) is 5.56 Å². The Hall–Kier alpha value is -3.68. The molecule has 0 bridgehead atoms. The molecule has 162 valence electrons. The molecular formula is C23H17Cl2N3O4. The molecule has 32 heavy (non-hydrogen) atoms. The lowest BCUT2D eigenvalue weighted by molar-refractivity contribution is -0.136. The zero-order valence-corrected chi connectivity index (χ0v) is 18.3.